The zero-order valence-electron chi connectivity index (χ0n) is 14.7. The number of nitrogens with zero attached hydrogens (tertiary/aromatic N) is 2. The van der Waals surface area contributed by atoms with Crippen molar-refractivity contribution in [1.29, 1.82) is 0 Å². The number of carbonyl (C=O) groups is 2. The molecule has 25 heavy (non-hydrogen) atoms. The topological polar surface area (TPSA) is 83.6 Å². The van der Waals surface area contributed by atoms with Crippen LogP contribution in [0.1, 0.15) is 31.2 Å². The SMILES string of the molecule is Cc1cccnc1NC(=O)[C@H]1CCCN(C(=O)NC[C@@H]2CCCO2)C1. The number of carbonyl (C=O) groups excluding carboxylic acids is 2. The van der Waals surface area contributed by atoms with Gasteiger partial charge in [0, 0.05) is 32.4 Å². The monoisotopic (exact) mass is 346 g/mol. The summed E-state index contributed by atoms with van der Waals surface area (Å²) in [6.07, 6.45) is 5.45. The molecule has 0 aliphatic carbocycles. The van der Waals surface area contributed by atoms with Gasteiger partial charge in [-0.15, -0.1) is 0 Å². The van der Waals surface area contributed by atoms with Crippen molar-refractivity contribution in [2.75, 3.05) is 31.6 Å². The fraction of sp³-hybridized carbons (Fsp3) is 0.611. The van der Waals surface area contributed by atoms with Gasteiger partial charge in [0.25, 0.3) is 0 Å². The zero-order valence-corrected chi connectivity index (χ0v) is 14.7. The summed E-state index contributed by atoms with van der Waals surface area (Å²) in [6, 6.07) is 3.64. The molecule has 2 fully saturated rings. The van der Waals surface area contributed by atoms with Gasteiger partial charge in [-0.3, -0.25) is 4.79 Å². The number of pyridine rings is 1. The first-order chi connectivity index (χ1) is 12.1. The number of rotatable bonds is 4. The molecule has 2 aliphatic heterocycles. The van der Waals surface area contributed by atoms with Gasteiger partial charge in [-0.1, -0.05) is 6.07 Å². The van der Waals surface area contributed by atoms with Crippen LogP contribution in [0.4, 0.5) is 10.6 Å². The number of hydrogen-bond acceptors (Lipinski definition) is 4. The number of likely N-dealkylation sites (tertiary alicyclic amines) is 1. The lowest BCUT2D eigenvalue weighted by Gasteiger charge is -2.32. The van der Waals surface area contributed by atoms with Crippen molar-refractivity contribution in [3.05, 3.63) is 23.9 Å². The summed E-state index contributed by atoms with van der Waals surface area (Å²) in [7, 11) is 0. The molecule has 2 atom stereocenters. The maximum Gasteiger partial charge on any atom is 0.317 e. The molecular formula is C18H26N4O3. The van der Waals surface area contributed by atoms with Gasteiger partial charge in [0.15, 0.2) is 0 Å². The smallest absolute Gasteiger partial charge is 0.317 e. The number of piperidine rings is 1. The molecule has 1 aromatic rings. The van der Waals surface area contributed by atoms with Crippen LogP contribution in [0.2, 0.25) is 0 Å². The summed E-state index contributed by atoms with van der Waals surface area (Å²) < 4.78 is 5.52. The first-order valence-corrected chi connectivity index (χ1v) is 9.00. The van der Waals surface area contributed by atoms with E-state index in [4.69, 9.17) is 4.74 Å². The summed E-state index contributed by atoms with van der Waals surface area (Å²) in [5.41, 5.74) is 0.929. The molecule has 2 saturated heterocycles. The average Bonchev–Trinajstić information content (AvgIpc) is 3.15. The lowest BCUT2D eigenvalue weighted by molar-refractivity contribution is -0.121. The normalized spacial score (nSPS) is 23.3. The number of anilines is 1. The molecule has 0 unspecified atom stereocenters. The summed E-state index contributed by atoms with van der Waals surface area (Å²) in [4.78, 5) is 30.8. The summed E-state index contributed by atoms with van der Waals surface area (Å²) in [6.45, 7) is 4.35. The number of nitrogens with one attached hydrogen (secondary N) is 2. The lowest BCUT2D eigenvalue weighted by Crippen LogP contribution is -2.49. The number of aromatic nitrogens is 1. The Kier molecular flexibility index (Phi) is 5.86. The first-order valence-electron chi connectivity index (χ1n) is 9.00. The van der Waals surface area contributed by atoms with Crippen molar-refractivity contribution in [3.8, 4) is 0 Å². The summed E-state index contributed by atoms with van der Waals surface area (Å²) >= 11 is 0. The van der Waals surface area contributed by atoms with E-state index in [-0.39, 0.29) is 24.0 Å². The quantitative estimate of drug-likeness (QED) is 0.872. The lowest BCUT2D eigenvalue weighted by atomic mass is 9.97. The number of ether oxygens (including phenoxy) is 1. The Labute approximate surface area is 148 Å². The predicted molar refractivity (Wildman–Crippen MR) is 94.3 cm³/mol. The van der Waals surface area contributed by atoms with E-state index in [9.17, 15) is 9.59 Å². The molecule has 0 aromatic carbocycles. The molecule has 2 N–H and O–H groups in total. The van der Waals surface area contributed by atoms with Gasteiger partial charge in [-0.2, -0.15) is 0 Å². The van der Waals surface area contributed by atoms with Crippen molar-refractivity contribution >= 4 is 17.8 Å². The fourth-order valence-corrected chi connectivity index (χ4v) is 3.33. The molecule has 0 spiro atoms. The van der Waals surface area contributed by atoms with Crippen LogP contribution >= 0.6 is 0 Å². The molecule has 3 amide bonds. The molecule has 7 nitrogen and oxygen atoms in total. The minimum Gasteiger partial charge on any atom is -0.376 e. The number of amides is 3. The molecular weight excluding hydrogens is 320 g/mol. The third-order valence-corrected chi connectivity index (χ3v) is 4.84. The van der Waals surface area contributed by atoms with Crippen LogP contribution in [-0.2, 0) is 9.53 Å². The molecule has 0 radical (unpaired) electrons. The van der Waals surface area contributed by atoms with Gasteiger partial charge >= 0.3 is 6.03 Å². The van der Waals surface area contributed by atoms with E-state index in [1.54, 1.807) is 11.1 Å². The van der Waals surface area contributed by atoms with Crippen LogP contribution in [0.5, 0.6) is 0 Å². The Hall–Kier alpha value is -2.15. The molecule has 0 bridgehead atoms. The third kappa shape index (κ3) is 4.69. The minimum absolute atomic E-state index is 0.0709. The summed E-state index contributed by atoms with van der Waals surface area (Å²) in [5.74, 6) is 0.314. The number of aryl methyl sites for hydroxylation is 1. The van der Waals surface area contributed by atoms with E-state index in [1.807, 2.05) is 19.1 Å². The van der Waals surface area contributed by atoms with Crippen LogP contribution in [-0.4, -0.2) is 54.2 Å². The fourth-order valence-electron chi connectivity index (χ4n) is 3.33. The highest BCUT2D eigenvalue weighted by molar-refractivity contribution is 5.92. The second-order valence-electron chi connectivity index (χ2n) is 6.76. The van der Waals surface area contributed by atoms with Crippen molar-refractivity contribution in [3.63, 3.8) is 0 Å². The molecule has 0 saturated carbocycles. The van der Waals surface area contributed by atoms with Gasteiger partial charge in [0.1, 0.15) is 5.82 Å². The average molecular weight is 346 g/mol. The Balaban J connectivity index is 1.50. The Morgan fingerprint density at radius 3 is 3.00 bits per heavy atom. The largest absolute Gasteiger partial charge is 0.376 e. The van der Waals surface area contributed by atoms with Crippen molar-refractivity contribution in [1.82, 2.24) is 15.2 Å². The maximum atomic E-state index is 12.5. The third-order valence-electron chi connectivity index (χ3n) is 4.84. The molecule has 136 valence electrons. The van der Waals surface area contributed by atoms with Gasteiger partial charge in [-0.25, -0.2) is 9.78 Å². The highest BCUT2D eigenvalue weighted by Crippen LogP contribution is 2.19. The molecule has 7 heteroatoms. The molecule has 2 aliphatic rings. The molecule has 1 aromatic heterocycles. The van der Waals surface area contributed by atoms with Gasteiger partial charge in [-0.05, 0) is 44.2 Å². The molecule has 3 heterocycles. The van der Waals surface area contributed by atoms with E-state index in [2.05, 4.69) is 15.6 Å². The second-order valence-corrected chi connectivity index (χ2v) is 6.76. The predicted octanol–water partition coefficient (Wildman–Crippen LogP) is 1.93. The van der Waals surface area contributed by atoms with E-state index in [0.717, 1.165) is 37.9 Å². The van der Waals surface area contributed by atoms with Gasteiger partial charge < -0.3 is 20.3 Å². The first kappa shape index (κ1) is 17.7. The highest BCUT2D eigenvalue weighted by atomic mass is 16.5. The van der Waals surface area contributed by atoms with Gasteiger partial charge in [0.2, 0.25) is 5.91 Å². The van der Waals surface area contributed by atoms with Gasteiger partial charge in [0.05, 0.1) is 12.0 Å². The van der Waals surface area contributed by atoms with Crippen molar-refractivity contribution in [2.45, 2.75) is 38.7 Å². The van der Waals surface area contributed by atoms with Crippen LogP contribution in [0.3, 0.4) is 0 Å². The van der Waals surface area contributed by atoms with E-state index >= 15 is 0 Å². The van der Waals surface area contributed by atoms with Crippen LogP contribution < -0.4 is 10.6 Å². The minimum atomic E-state index is -0.205. The Bertz CT molecular complexity index is 616. The number of urea groups is 1. The highest BCUT2D eigenvalue weighted by Gasteiger charge is 2.29. The van der Waals surface area contributed by atoms with E-state index in [0.29, 0.717) is 25.5 Å². The standard InChI is InChI=1S/C18H26N4O3/c1-13-5-2-8-19-16(13)21-17(23)14-6-3-9-22(12-14)18(24)20-11-15-7-4-10-25-15/h2,5,8,14-15H,3-4,6-7,9-12H2,1H3,(H,20,24)(H,19,21,23)/t14-,15-/m0/s1. The summed E-state index contributed by atoms with van der Waals surface area (Å²) in [5, 5.41) is 5.82. The van der Waals surface area contributed by atoms with Crippen LogP contribution in [0.25, 0.3) is 0 Å². The van der Waals surface area contributed by atoms with Crippen LogP contribution in [0.15, 0.2) is 18.3 Å². The van der Waals surface area contributed by atoms with Crippen molar-refractivity contribution < 1.29 is 14.3 Å². The number of hydrogen-bond donors (Lipinski definition) is 2. The Morgan fingerprint density at radius 2 is 2.24 bits per heavy atom. The second kappa shape index (κ2) is 8.29. The Morgan fingerprint density at radius 1 is 1.36 bits per heavy atom. The zero-order chi connectivity index (χ0) is 17.6. The molecule has 3 rings (SSSR count). The van der Waals surface area contributed by atoms with Crippen LogP contribution in [0, 0.1) is 12.8 Å². The maximum absolute atomic E-state index is 12.5. The van der Waals surface area contributed by atoms with Crippen molar-refractivity contribution in [2.24, 2.45) is 5.92 Å². The van der Waals surface area contributed by atoms with E-state index < -0.39 is 0 Å². The van der Waals surface area contributed by atoms with E-state index in [1.165, 1.54) is 0 Å².